The van der Waals surface area contributed by atoms with Crippen LogP contribution in [0.25, 0.3) is 0 Å². The highest BCUT2D eigenvalue weighted by Gasteiger charge is 2.09. The minimum Gasteiger partial charge on any atom is -0.302 e. The van der Waals surface area contributed by atoms with Gasteiger partial charge in [-0.3, -0.25) is 0 Å². The molecule has 0 aliphatic rings. The first-order chi connectivity index (χ1) is 4.54. The zero-order valence-electron chi connectivity index (χ0n) is 5.53. The van der Waals surface area contributed by atoms with Gasteiger partial charge in [-0.2, -0.15) is 0 Å². The Morgan fingerprint density at radius 2 is 2.20 bits per heavy atom. The molecule has 0 spiro atoms. The highest BCUT2D eigenvalue weighted by molar-refractivity contribution is 7.93. The van der Waals surface area contributed by atoms with Crippen LogP contribution in [0.5, 0.6) is 0 Å². The van der Waals surface area contributed by atoms with Crippen LogP contribution in [0.2, 0.25) is 0 Å². The summed E-state index contributed by atoms with van der Waals surface area (Å²) in [6.07, 6.45) is 2.79. The summed E-state index contributed by atoms with van der Waals surface area (Å²) >= 11 is 0. The Labute approximate surface area is 59.9 Å². The van der Waals surface area contributed by atoms with Gasteiger partial charge >= 0.3 is 0 Å². The fourth-order valence-corrected chi connectivity index (χ4v) is 0.767. The van der Waals surface area contributed by atoms with Crippen molar-refractivity contribution in [1.82, 2.24) is 4.89 Å². The molecule has 0 radical (unpaired) electrons. The molecule has 0 amide bonds. The average molecular weight is 163 g/mol. The maximum Gasteiger partial charge on any atom is 0.261 e. The number of nitrogens with one attached hydrogen (secondary N) is 1. The summed E-state index contributed by atoms with van der Waals surface area (Å²) in [5.41, 5.74) is 0. The number of rotatable bonds is 3. The second-order valence-electron chi connectivity index (χ2n) is 1.56. The molecule has 0 unspecified atom stereocenters. The fraction of sp³-hybridized carbons (Fsp3) is 0.200. The van der Waals surface area contributed by atoms with Crippen molar-refractivity contribution in [1.29, 1.82) is 0 Å². The average Bonchev–Trinajstić information content (AvgIpc) is 1.89. The molecule has 0 saturated carbocycles. The maximum absolute atomic E-state index is 10.6. The first kappa shape index (κ1) is 9.35. The second-order valence-corrected chi connectivity index (χ2v) is 3.27. The van der Waals surface area contributed by atoms with Crippen LogP contribution in [0.15, 0.2) is 23.6 Å². The summed E-state index contributed by atoms with van der Waals surface area (Å²) in [5.74, 6) is 0. The number of sulfonamides is 1. The molecule has 4 nitrogen and oxygen atoms in total. The predicted molar refractivity (Wildman–Crippen MR) is 37.8 cm³/mol. The van der Waals surface area contributed by atoms with Crippen molar-refractivity contribution in [2.24, 2.45) is 0 Å². The van der Waals surface area contributed by atoms with Crippen LogP contribution in [-0.4, -0.2) is 13.6 Å². The van der Waals surface area contributed by atoms with Crippen molar-refractivity contribution >= 4 is 10.0 Å². The molecular weight excluding hydrogens is 154 g/mol. The largest absolute Gasteiger partial charge is 0.302 e. The molecule has 0 saturated heterocycles. The quantitative estimate of drug-likeness (QED) is 0.467. The van der Waals surface area contributed by atoms with Gasteiger partial charge in [-0.25, -0.2) is 8.42 Å². The number of hydrogen-bond acceptors (Lipinski definition) is 3. The standard InChI is InChI=1S/C5H9NO3S/c1-3-4-5(2)10(8,9)6-7/h3-4,6-7H,2H2,1H3. The molecule has 5 heteroatoms. The predicted octanol–water partition coefficient (Wildman–Crippen LogP) is 0.385. The molecule has 0 aliphatic carbocycles. The summed E-state index contributed by atoms with van der Waals surface area (Å²) < 4.78 is 21.2. The van der Waals surface area contributed by atoms with Gasteiger partial charge in [0.1, 0.15) is 0 Å². The van der Waals surface area contributed by atoms with Gasteiger partial charge in [0.25, 0.3) is 10.0 Å². The van der Waals surface area contributed by atoms with Gasteiger partial charge in [-0.15, -0.1) is 0 Å². The maximum atomic E-state index is 10.6. The Bertz CT molecular complexity index is 240. The monoisotopic (exact) mass is 163 g/mol. The van der Waals surface area contributed by atoms with Crippen molar-refractivity contribution in [2.75, 3.05) is 0 Å². The molecule has 0 bridgehead atoms. The van der Waals surface area contributed by atoms with Crippen molar-refractivity contribution in [2.45, 2.75) is 6.92 Å². The fourth-order valence-electron chi connectivity index (χ4n) is 0.334. The molecule has 0 atom stereocenters. The normalized spacial score (nSPS) is 12.2. The van der Waals surface area contributed by atoms with E-state index >= 15 is 0 Å². The van der Waals surface area contributed by atoms with E-state index in [2.05, 4.69) is 6.58 Å². The molecule has 0 rings (SSSR count). The zero-order chi connectivity index (χ0) is 8.20. The summed E-state index contributed by atoms with van der Waals surface area (Å²) in [7, 11) is -3.74. The molecule has 0 aromatic heterocycles. The molecule has 0 aliphatic heterocycles. The SMILES string of the molecule is C=C(C=CC)S(=O)(=O)NO. The van der Waals surface area contributed by atoms with Crippen LogP contribution >= 0.6 is 0 Å². The number of hydrogen-bond donors (Lipinski definition) is 2. The van der Waals surface area contributed by atoms with Gasteiger partial charge < -0.3 is 5.21 Å². The van der Waals surface area contributed by atoms with Crippen LogP contribution in [0, 0.1) is 0 Å². The minimum absolute atomic E-state index is 0.169. The first-order valence-corrected chi connectivity index (χ1v) is 4.00. The van der Waals surface area contributed by atoms with Crippen LogP contribution in [0.3, 0.4) is 0 Å². The first-order valence-electron chi connectivity index (χ1n) is 2.52. The van der Waals surface area contributed by atoms with E-state index < -0.39 is 10.0 Å². The lowest BCUT2D eigenvalue weighted by molar-refractivity contribution is 0.244. The Kier molecular flexibility index (Phi) is 3.27. The Balaban J connectivity index is 4.52. The van der Waals surface area contributed by atoms with Gasteiger partial charge in [0.2, 0.25) is 0 Å². The van der Waals surface area contributed by atoms with Crippen LogP contribution < -0.4 is 4.89 Å². The molecule has 0 heterocycles. The van der Waals surface area contributed by atoms with E-state index in [1.54, 1.807) is 6.92 Å². The van der Waals surface area contributed by atoms with Crippen LogP contribution in [0.4, 0.5) is 0 Å². The Hall–Kier alpha value is -0.650. The van der Waals surface area contributed by atoms with E-state index in [0.29, 0.717) is 0 Å². The Morgan fingerprint density at radius 1 is 1.70 bits per heavy atom. The summed E-state index contributed by atoms with van der Waals surface area (Å²) in [4.78, 5) is 0.978. The lowest BCUT2D eigenvalue weighted by atomic mass is 10.5. The van der Waals surface area contributed by atoms with Crippen molar-refractivity contribution in [3.05, 3.63) is 23.6 Å². The summed E-state index contributed by atoms with van der Waals surface area (Å²) in [6.45, 7) is 4.84. The third kappa shape index (κ3) is 2.30. The third-order valence-corrected chi connectivity index (χ3v) is 1.88. The molecule has 58 valence electrons. The van der Waals surface area contributed by atoms with E-state index in [-0.39, 0.29) is 4.91 Å². The zero-order valence-corrected chi connectivity index (χ0v) is 6.35. The van der Waals surface area contributed by atoms with E-state index in [0.717, 1.165) is 4.89 Å². The van der Waals surface area contributed by atoms with Gasteiger partial charge in [0.15, 0.2) is 0 Å². The number of allylic oxidation sites excluding steroid dienone is 2. The third-order valence-electron chi connectivity index (χ3n) is 0.818. The lowest BCUT2D eigenvalue weighted by Crippen LogP contribution is -2.19. The van der Waals surface area contributed by atoms with Gasteiger partial charge in [-0.05, 0) is 13.0 Å². The molecule has 0 aromatic rings. The van der Waals surface area contributed by atoms with Crippen molar-refractivity contribution in [3.8, 4) is 0 Å². The van der Waals surface area contributed by atoms with Gasteiger partial charge in [0, 0.05) is 0 Å². The summed E-state index contributed by atoms with van der Waals surface area (Å²) in [6, 6.07) is 0. The molecule has 0 fully saturated rings. The van der Waals surface area contributed by atoms with E-state index in [9.17, 15) is 8.42 Å². The highest BCUT2D eigenvalue weighted by Crippen LogP contribution is 2.00. The van der Waals surface area contributed by atoms with Gasteiger partial charge in [0.05, 0.1) is 4.91 Å². The minimum atomic E-state index is -3.74. The lowest BCUT2D eigenvalue weighted by Gasteiger charge is -1.97. The topological polar surface area (TPSA) is 66.4 Å². The second kappa shape index (κ2) is 3.50. The highest BCUT2D eigenvalue weighted by atomic mass is 32.2. The van der Waals surface area contributed by atoms with Crippen LogP contribution in [-0.2, 0) is 10.0 Å². The molecule has 10 heavy (non-hydrogen) atoms. The Morgan fingerprint density at radius 3 is 2.50 bits per heavy atom. The van der Waals surface area contributed by atoms with E-state index in [1.165, 1.54) is 12.2 Å². The van der Waals surface area contributed by atoms with Crippen molar-refractivity contribution < 1.29 is 13.6 Å². The molecule has 2 N–H and O–H groups in total. The summed E-state index contributed by atoms with van der Waals surface area (Å²) in [5, 5.41) is 8.06. The molecule has 0 aromatic carbocycles. The van der Waals surface area contributed by atoms with Crippen LogP contribution in [0.1, 0.15) is 6.92 Å². The van der Waals surface area contributed by atoms with E-state index in [4.69, 9.17) is 5.21 Å². The van der Waals surface area contributed by atoms with E-state index in [1.807, 2.05) is 0 Å². The molecular formula is C5H9NO3S. The smallest absolute Gasteiger partial charge is 0.261 e. The van der Waals surface area contributed by atoms with Crippen molar-refractivity contribution in [3.63, 3.8) is 0 Å². The van der Waals surface area contributed by atoms with Gasteiger partial charge in [-0.1, -0.05) is 17.5 Å².